The third-order valence-corrected chi connectivity index (χ3v) is 2.86. The summed E-state index contributed by atoms with van der Waals surface area (Å²) in [7, 11) is 0. The second-order valence-corrected chi connectivity index (χ2v) is 4.90. The van der Waals surface area contributed by atoms with Gasteiger partial charge in [-0.05, 0) is 46.3 Å². The maximum absolute atomic E-state index is 12.1. The van der Waals surface area contributed by atoms with Gasteiger partial charge in [-0.1, -0.05) is 6.07 Å². The van der Waals surface area contributed by atoms with E-state index in [1.54, 1.807) is 42.6 Å². The maximum atomic E-state index is 12.1. The van der Waals surface area contributed by atoms with Crippen molar-refractivity contribution >= 4 is 39.1 Å². The summed E-state index contributed by atoms with van der Waals surface area (Å²) < 4.78 is 0.595. The molecular weight excluding hydrogens is 322 g/mol. The van der Waals surface area contributed by atoms with Crippen LogP contribution in [0, 0.1) is 0 Å². The molecule has 102 valence electrons. The Kier molecular flexibility index (Phi) is 4.47. The summed E-state index contributed by atoms with van der Waals surface area (Å²) in [4.78, 5) is 27.0. The molecule has 0 saturated heterocycles. The number of nitrogens with zero attached hydrogens (tertiary/aromatic N) is 1. The normalized spacial score (nSPS) is 9.90. The lowest BCUT2D eigenvalue weighted by Crippen LogP contribution is -2.12. The smallest absolute Gasteiger partial charge is 0.255 e. The van der Waals surface area contributed by atoms with Crippen molar-refractivity contribution < 1.29 is 9.59 Å². The van der Waals surface area contributed by atoms with Crippen molar-refractivity contribution in [1.82, 2.24) is 4.98 Å². The predicted molar refractivity (Wildman–Crippen MR) is 80.6 cm³/mol. The Morgan fingerprint density at radius 2 is 1.80 bits per heavy atom. The van der Waals surface area contributed by atoms with Crippen LogP contribution in [-0.2, 0) is 4.79 Å². The molecule has 2 N–H and O–H groups in total. The summed E-state index contributed by atoms with van der Waals surface area (Å²) >= 11 is 3.22. The third kappa shape index (κ3) is 3.89. The number of benzene rings is 1. The lowest BCUT2D eigenvalue weighted by molar-refractivity contribution is -0.114. The number of hydrogen-bond donors (Lipinski definition) is 2. The minimum atomic E-state index is -0.243. The fraction of sp³-hybridized carbons (Fsp3) is 0.0714. The number of amides is 2. The lowest BCUT2D eigenvalue weighted by Gasteiger charge is -2.08. The van der Waals surface area contributed by atoms with E-state index in [0.29, 0.717) is 21.5 Å². The van der Waals surface area contributed by atoms with Crippen molar-refractivity contribution in [2.45, 2.75) is 6.92 Å². The SMILES string of the molecule is CC(=O)Nc1cccc(NC(=O)c2ccnc(Br)c2)c1. The molecule has 0 unspecified atom stereocenters. The third-order valence-electron chi connectivity index (χ3n) is 2.43. The predicted octanol–water partition coefficient (Wildman–Crippen LogP) is 3.05. The monoisotopic (exact) mass is 333 g/mol. The zero-order chi connectivity index (χ0) is 14.5. The highest BCUT2D eigenvalue weighted by molar-refractivity contribution is 9.10. The van der Waals surface area contributed by atoms with Crippen LogP contribution in [-0.4, -0.2) is 16.8 Å². The molecule has 2 rings (SSSR count). The Hall–Kier alpha value is -2.21. The summed E-state index contributed by atoms with van der Waals surface area (Å²) in [6, 6.07) is 10.2. The summed E-state index contributed by atoms with van der Waals surface area (Å²) in [5, 5.41) is 5.42. The van der Waals surface area contributed by atoms with Gasteiger partial charge in [-0.25, -0.2) is 4.98 Å². The summed E-state index contributed by atoms with van der Waals surface area (Å²) in [6.07, 6.45) is 1.55. The number of pyridine rings is 1. The first-order valence-corrected chi connectivity index (χ1v) is 6.64. The summed E-state index contributed by atoms with van der Waals surface area (Å²) in [6.45, 7) is 1.43. The Bertz CT molecular complexity index is 658. The van der Waals surface area contributed by atoms with E-state index in [-0.39, 0.29) is 11.8 Å². The molecule has 1 aromatic carbocycles. The molecule has 2 amide bonds. The zero-order valence-corrected chi connectivity index (χ0v) is 12.3. The van der Waals surface area contributed by atoms with Gasteiger partial charge < -0.3 is 10.6 Å². The minimum Gasteiger partial charge on any atom is -0.326 e. The molecule has 20 heavy (non-hydrogen) atoms. The van der Waals surface area contributed by atoms with Gasteiger partial charge in [0.05, 0.1) is 0 Å². The number of carbonyl (C=O) groups excluding carboxylic acids is 2. The van der Waals surface area contributed by atoms with Crippen LogP contribution in [0.1, 0.15) is 17.3 Å². The van der Waals surface area contributed by atoms with Crippen LogP contribution in [0.3, 0.4) is 0 Å². The van der Waals surface area contributed by atoms with Crippen molar-refractivity contribution in [3.8, 4) is 0 Å². The van der Waals surface area contributed by atoms with Crippen molar-refractivity contribution in [3.63, 3.8) is 0 Å². The van der Waals surface area contributed by atoms with Crippen LogP contribution in [0.15, 0.2) is 47.2 Å². The van der Waals surface area contributed by atoms with Crippen LogP contribution >= 0.6 is 15.9 Å². The van der Waals surface area contributed by atoms with E-state index in [1.165, 1.54) is 6.92 Å². The van der Waals surface area contributed by atoms with Gasteiger partial charge in [0.2, 0.25) is 5.91 Å². The van der Waals surface area contributed by atoms with Gasteiger partial charge >= 0.3 is 0 Å². The van der Waals surface area contributed by atoms with E-state index in [4.69, 9.17) is 0 Å². The van der Waals surface area contributed by atoms with Crippen molar-refractivity contribution in [2.75, 3.05) is 10.6 Å². The molecule has 0 aliphatic rings. The molecule has 0 atom stereocenters. The van der Waals surface area contributed by atoms with Crippen LogP contribution in [0.4, 0.5) is 11.4 Å². The summed E-state index contributed by atoms with van der Waals surface area (Å²) in [5.41, 5.74) is 1.73. The van der Waals surface area contributed by atoms with Crippen LogP contribution in [0.2, 0.25) is 0 Å². The van der Waals surface area contributed by atoms with Gasteiger partial charge in [0.25, 0.3) is 5.91 Å². The number of rotatable bonds is 3. The van der Waals surface area contributed by atoms with Gasteiger partial charge in [0, 0.05) is 30.1 Å². The van der Waals surface area contributed by atoms with Crippen LogP contribution in [0.25, 0.3) is 0 Å². The molecule has 0 aliphatic heterocycles. The fourth-order valence-corrected chi connectivity index (χ4v) is 1.99. The first-order chi connectivity index (χ1) is 9.54. The topological polar surface area (TPSA) is 71.1 Å². The molecule has 0 saturated carbocycles. The van der Waals surface area contributed by atoms with E-state index < -0.39 is 0 Å². The first-order valence-electron chi connectivity index (χ1n) is 5.85. The zero-order valence-electron chi connectivity index (χ0n) is 10.7. The highest BCUT2D eigenvalue weighted by Gasteiger charge is 2.07. The molecule has 2 aromatic rings. The highest BCUT2D eigenvalue weighted by atomic mass is 79.9. The molecule has 6 heteroatoms. The molecular formula is C14H12BrN3O2. The number of aromatic nitrogens is 1. The Balaban J connectivity index is 2.13. The molecule has 1 aromatic heterocycles. The molecule has 1 heterocycles. The number of carbonyl (C=O) groups is 2. The van der Waals surface area contributed by atoms with E-state index in [2.05, 4.69) is 31.5 Å². The number of halogens is 1. The lowest BCUT2D eigenvalue weighted by atomic mass is 10.2. The van der Waals surface area contributed by atoms with E-state index >= 15 is 0 Å². The van der Waals surface area contributed by atoms with Gasteiger partial charge in [0.1, 0.15) is 4.60 Å². The highest BCUT2D eigenvalue weighted by Crippen LogP contribution is 2.16. The van der Waals surface area contributed by atoms with E-state index in [9.17, 15) is 9.59 Å². The van der Waals surface area contributed by atoms with Crippen LogP contribution < -0.4 is 10.6 Å². The largest absolute Gasteiger partial charge is 0.326 e. The van der Waals surface area contributed by atoms with Crippen molar-refractivity contribution in [3.05, 3.63) is 52.8 Å². The Labute approximate surface area is 124 Å². The van der Waals surface area contributed by atoms with Gasteiger partial charge in [-0.2, -0.15) is 0 Å². The molecule has 0 bridgehead atoms. The number of nitrogens with one attached hydrogen (secondary N) is 2. The van der Waals surface area contributed by atoms with Gasteiger partial charge in [-0.15, -0.1) is 0 Å². The number of hydrogen-bond acceptors (Lipinski definition) is 3. The average molecular weight is 334 g/mol. The Morgan fingerprint density at radius 1 is 1.10 bits per heavy atom. The average Bonchev–Trinajstić information content (AvgIpc) is 2.38. The second-order valence-electron chi connectivity index (χ2n) is 4.08. The minimum absolute atomic E-state index is 0.161. The molecule has 0 fully saturated rings. The van der Waals surface area contributed by atoms with Crippen LogP contribution in [0.5, 0.6) is 0 Å². The fourth-order valence-electron chi connectivity index (χ4n) is 1.62. The molecule has 0 spiro atoms. The van der Waals surface area contributed by atoms with Crippen molar-refractivity contribution in [2.24, 2.45) is 0 Å². The summed E-state index contributed by atoms with van der Waals surface area (Å²) in [5.74, 6) is -0.403. The van der Waals surface area contributed by atoms with Crippen molar-refractivity contribution in [1.29, 1.82) is 0 Å². The van der Waals surface area contributed by atoms with Gasteiger partial charge in [-0.3, -0.25) is 9.59 Å². The van der Waals surface area contributed by atoms with E-state index in [1.807, 2.05) is 0 Å². The molecule has 5 nitrogen and oxygen atoms in total. The molecule has 0 aliphatic carbocycles. The quantitative estimate of drug-likeness (QED) is 0.848. The number of anilines is 2. The van der Waals surface area contributed by atoms with Gasteiger partial charge in [0.15, 0.2) is 0 Å². The Morgan fingerprint density at radius 3 is 2.45 bits per heavy atom. The van der Waals surface area contributed by atoms with E-state index in [0.717, 1.165) is 0 Å². The first kappa shape index (κ1) is 14.2. The molecule has 0 radical (unpaired) electrons. The maximum Gasteiger partial charge on any atom is 0.255 e. The standard InChI is InChI=1S/C14H12BrN3O2/c1-9(19)17-11-3-2-4-12(8-11)18-14(20)10-5-6-16-13(15)7-10/h2-8H,1H3,(H,17,19)(H,18,20). The second kappa shape index (κ2) is 6.29.